The Balaban J connectivity index is 1.13. The molecule has 5 rings (SSSR count). The number of piperazine rings is 1. The van der Waals surface area contributed by atoms with E-state index in [-0.39, 0.29) is 17.4 Å². The molecule has 3 aromatic carbocycles. The summed E-state index contributed by atoms with van der Waals surface area (Å²) in [5.41, 5.74) is 1.85. The van der Waals surface area contributed by atoms with Gasteiger partial charge in [0.05, 0.1) is 4.91 Å². The summed E-state index contributed by atoms with van der Waals surface area (Å²) in [4.78, 5) is 43.8. The van der Waals surface area contributed by atoms with Crippen molar-refractivity contribution in [2.75, 3.05) is 50.8 Å². The second-order valence-electron chi connectivity index (χ2n) is 9.05. The Labute approximate surface area is 231 Å². The fraction of sp³-hybridized carbons (Fsp3) is 0.233. The highest BCUT2D eigenvalue weighted by Crippen LogP contribution is 2.32. The van der Waals surface area contributed by atoms with Gasteiger partial charge in [0, 0.05) is 31.9 Å². The Morgan fingerprint density at radius 3 is 2.15 bits per heavy atom. The van der Waals surface area contributed by atoms with Gasteiger partial charge in [-0.05, 0) is 59.8 Å². The predicted octanol–water partition coefficient (Wildman–Crippen LogP) is 4.53. The van der Waals surface area contributed by atoms with Crippen molar-refractivity contribution >= 4 is 40.6 Å². The van der Waals surface area contributed by atoms with Gasteiger partial charge in [-0.2, -0.15) is 0 Å². The average Bonchev–Trinajstić information content (AvgIpc) is 3.23. The number of benzene rings is 3. The summed E-state index contributed by atoms with van der Waals surface area (Å²) in [7, 11) is 0. The van der Waals surface area contributed by atoms with Gasteiger partial charge in [0.2, 0.25) is 5.91 Å². The van der Waals surface area contributed by atoms with Crippen LogP contribution < -0.4 is 14.4 Å². The first-order chi connectivity index (χ1) is 19.1. The van der Waals surface area contributed by atoms with Gasteiger partial charge in [0.15, 0.2) is 0 Å². The largest absolute Gasteiger partial charge is 0.490 e. The minimum Gasteiger partial charge on any atom is -0.490 e. The molecule has 0 unspecified atom stereocenters. The van der Waals surface area contributed by atoms with Crippen LogP contribution in [0.25, 0.3) is 6.08 Å². The van der Waals surface area contributed by atoms with Crippen LogP contribution >= 0.6 is 11.8 Å². The number of ether oxygens (including phenoxy) is 2. The molecule has 2 heterocycles. The molecule has 200 valence electrons. The number of amides is 3. The monoisotopic (exact) mass is 543 g/mol. The van der Waals surface area contributed by atoms with Crippen LogP contribution in [0.5, 0.6) is 11.5 Å². The maximum atomic E-state index is 13.0. The van der Waals surface area contributed by atoms with Gasteiger partial charge in [-0.3, -0.25) is 19.3 Å². The molecule has 2 saturated heterocycles. The van der Waals surface area contributed by atoms with Gasteiger partial charge in [0.1, 0.15) is 31.3 Å². The SMILES string of the molecule is O=C(CN1C(=O)S/C(=C/c2cccc(OCCOc3ccccc3)c2)C1=O)N1CCN(c2ccccc2)CC1. The van der Waals surface area contributed by atoms with E-state index >= 15 is 0 Å². The first-order valence-corrected chi connectivity index (χ1v) is 13.6. The highest BCUT2D eigenvalue weighted by molar-refractivity contribution is 8.18. The van der Waals surface area contributed by atoms with Crippen molar-refractivity contribution in [1.82, 2.24) is 9.80 Å². The number of imide groups is 1. The Morgan fingerprint density at radius 1 is 0.795 bits per heavy atom. The van der Waals surface area contributed by atoms with Gasteiger partial charge in [-0.15, -0.1) is 0 Å². The van der Waals surface area contributed by atoms with Gasteiger partial charge < -0.3 is 19.3 Å². The molecule has 0 aromatic heterocycles. The number of rotatable bonds is 9. The summed E-state index contributed by atoms with van der Waals surface area (Å²) in [5, 5.41) is -0.437. The molecule has 3 amide bonds. The average molecular weight is 544 g/mol. The number of anilines is 1. The molecule has 2 aliphatic rings. The summed E-state index contributed by atoms with van der Waals surface area (Å²) < 4.78 is 11.4. The highest BCUT2D eigenvalue weighted by Gasteiger charge is 2.37. The molecule has 0 spiro atoms. The van der Waals surface area contributed by atoms with E-state index in [0.717, 1.165) is 33.7 Å². The standard InChI is InChI=1S/C30H29N3O5S/c34-28(32-16-14-31(15-17-32)24-9-3-1-4-10-24)22-33-29(35)27(39-30(33)36)21-23-8-7-13-26(20-23)38-19-18-37-25-11-5-2-6-12-25/h1-13,20-21H,14-19,22H2/b27-21+. The van der Waals surface area contributed by atoms with E-state index in [1.54, 1.807) is 17.0 Å². The maximum Gasteiger partial charge on any atom is 0.294 e. The lowest BCUT2D eigenvalue weighted by Crippen LogP contribution is -2.51. The number of para-hydroxylation sites is 2. The number of hydrogen-bond donors (Lipinski definition) is 0. The minimum absolute atomic E-state index is 0.223. The summed E-state index contributed by atoms with van der Waals surface area (Å²) >= 11 is 0.847. The van der Waals surface area contributed by atoms with Crippen molar-refractivity contribution in [2.45, 2.75) is 0 Å². The van der Waals surface area contributed by atoms with Crippen LogP contribution in [0, 0.1) is 0 Å². The van der Waals surface area contributed by atoms with Crippen LogP contribution in [0.3, 0.4) is 0 Å². The molecule has 0 saturated carbocycles. The summed E-state index contributed by atoms with van der Waals surface area (Å²) in [5.74, 6) is 0.728. The molecule has 0 aliphatic carbocycles. The fourth-order valence-electron chi connectivity index (χ4n) is 4.41. The van der Waals surface area contributed by atoms with Crippen LogP contribution in [0.15, 0.2) is 89.8 Å². The third-order valence-corrected chi connectivity index (χ3v) is 7.35. The van der Waals surface area contributed by atoms with Gasteiger partial charge in [0.25, 0.3) is 11.1 Å². The van der Waals surface area contributed by atoms with Crippen molar-refractivity contribution in [1.29, 1.82) is 0 Å². The predicted molar refractivity (Wildman–Crippen MR) is 152 cm³/mol. The number of carbonyl (C=O) groups excluding carboxylic acids is 3. The van der Waals surface area contributed by atoms with E-state index in [4.69, 9.17) is 9.47 Å². The van der Waals surface area contributed by atoms with E-state index in [1.165, 1.54) is 0 Å². The molecule has 9 heteroatoms. The van der Waals surface area contributed by atoms with Crippen molar-refractivity contribution in [3.8, 4) is 11.5 Å². The summed E-state index contributed by atoms with van der Waals surface area (Å²) in [6, 6.07) is 26.8. The minimum atomic E-state index is -0.455. The lowest BCUT2D eigenvalue weighted by atomic mass is 10.2. The van der Waals surface area contributed by atoms with Crippen molar-refractivity contribution in [3.05, 3.63) is 95.4 Å². The molecular weight excluding hydrogens is 514 g/mol. The molecule has 2 aliphatic heterocycles. The third-order valence-electron chi connectivity index (χ3n) is 6.44. The molecular formula is C30H29N3O5S. The van der Waals surface area contributed by atoms with Crippen molar-refractivity contribution in [3.63, 3.8) is 0 Å². The number of hydrogen-bond acceptors (Lipinski definition) is 7. The second-order valence-corrected chi connectivity index (χ2v) is 10.0. The maximum absolute atomic E-state index is 13.0. The molecule has 0 atom stereocenters. The van der Waals surface area contributed by atoms with E-state index < -0.39 is 11.1 Å². The zero-order valence-electron chi connectivity index (χ0n) is 21.4. The fourth-order valence-corrected chi connectivity index (χ4v) is 5.24. The van der Waals surface area contributed by atoms with Gasteiger partial charge in [-0.1, -0.05) is 48.5 Å². The first kappa shape index (κ1) is 26.4. The van der Waals surface area contributed by atoms with Crippen LogP contribution in [-0.2, 0) is 9.59 Å². The topological polar surface area (TPSA) is 79.4 Å². The van der Waals surface area contributed by atoms with E-state index in [0.29, 0.717) is 45.1 Å². The van der Waals surface area contributed by atoms with E-state index in [9.17, 15) is 14.4 Å². The van der Waals surface area contributed by atoms with Gasteiger partial charge >= 0.3 is 0 Å². The van der Waals surface area contributed by atoms with Crippen LogP contribution in [-0.4, -0.2) is 72.8 Å². The Morgan fingerprint density at radius 2 is 1.44 bits per heavy atom. The summed E-state index contributed by atoms with van der Waals surface area (Å²) in [6.45, 7) is 2.99. The quantitative estimate of drug-likeness (QED) is 0.290. The number of nitrogens with zero attached hydrogens (tertiary/aromatic N) is 3. The van der Waals surface area contributed by atoms with E-state index in [1.807, 2.05) is 78.9 Å². The number of thioether (sulfide) groups is 1. The molecule has 3 aromatic rings. The van der Waals surface area contributed by atoms with Crippen LogP contribution in [0.4, 0.5) is 10.5 Å². The Kier molecular flexibility index (Phi) is 8.48. The molecule has 0 N–H and O–H groups in total. The van der Waals surface area contributed by atoms with Crippen LogP contribution in [0.2, 0.25) is 0 Å². The highest BCUT2D eigenvalue weighted by atomic mass is 32.2. The Hall–Kier alpha value is -4.24. The van der Waals surface area contributed by atoms with E-state index in [2.05, 4.69) is 4.90 Å². The zero-order chi connectivity index (χ0) is 27.0. The third kappa shape index (κ3) is 6.80. The molecule has 0 radical (unpaired) electrons. The molecule has 39 heavy (non-hydrogen) atoms. The molecule has 2 fully saturated rings. The molecule has 0 bridgehead atoms. The molecule has 8 nitrogen and oxygen atoms in total. The zero-order valence-corrected chi connectivity index (χ0v) is 22.2. The van der Waals surface area contributed by atoms with Crippen molar-refractivity contribution < 1.29 is 23.9 Å². The normalized spacial score (nSPS) is 16.6. The lowest BCUT2D eigenvalue weighted by Gasteiger charge is -2.36. The number of carbonyl (C=O) groups is 3. The van der Waals surface area contributed by atoms with Crippen LogP contribution in [0.1, 0.15) is 5.56 Å². The second kappa shape index (κ2) is 12.5. The summed E-state index contributed by atoms with van der Waals surface area (Å²) in [6.07, 6.45) is 1.65. The van der Waals surface area contributed by atoms with Gasteiger partial charge in [-0.25, -0.2) is 0 Å². The lowest BCUT2D eigenvalue weighted by molar-refractivity contribution is -0.136. The smallest absolute Gasteiger partial charge is 0.294 e. The first-order valence-electron chi connectivity index (χ1n) is 12.8. The van der Waals surface area contributed by atoms with Crippen molar-refractivity contribution in [2.24, 2.45) is 0 Å². The Bertz CT molecular complexity index is 1340.